The van der Waals surface area contributed by atoms with Crippen molar-refractivity contribution in [3.63, 3.8) is 0 Å². The molecule has 1 fully saturated rings. The van der Waals surface area contributed by atoms with Gasteiger partial charge < -0.3 is 4.74 Å². The number of nitrogens with zero attached hydrogens (tertiary/aromatic N) is 2. The maximum Gasteiger partial charge on any atom is 0.0892 e. The lowest BCUT2D eigenvalue weighted by Gasteiger charge is -2.39. The van der Waals surface area contributed by atoms with Crippen molar-refractivity contribution in [1.82, 2.24) is 5.01 Å². The van der Waals surface area contributed by atoms with Crippen LogP contribution in [0.4, 0.5) is 0 Å². The topological polar surface area (TPSA) is 24.8 Å². The predicted molar refractivity (Wildman–Crippen MR) is 93.3 cm³/mol. The standard InChI is InChI=1S/C19H30N2O/c1-4-19(5-2,22-3)18-14-10-16-21(18)20-15-9-13-17-11-7-6-8-12-17/h6-8,11-12,15,18H,4-5,9-10,13-14,16H2,1-3H3/b20-15+/t18-/m0/s1. The Morgan fingerprint density at radius 1 is 1.27 bits per heavy atom. The summed E-state index contributed by atoms with van der Waals surface area (Å²) in [6.45, 7) is 5.50. The second-order valence-electron chi connectivity index (χ2n) is 6.12. The average molecular weight is 302 g/mol. The zero-order valence-electron chi connectivity index (χ0n) is 14.3. The number of ether oxygens (including phenoxy) is 1. The van der Waals surface area contributed by atoms with Crippen LogP contribution < -0.4 is 0 Å². The molecule has 0 N–H and O–H groups in total. The van der Waals surface area contributed by atoms with Crippen LogP contribution in [0.15, 0.2) is 35.4 Å². The van der Waals surface area contributed by atoms with Gasteiger partial charge in [0.15, 0.2) is 0 Å². The molecule has 22 heavy (non-hydrogen) atoms. The smallest absolute Gasteiger partial charge is 0.0892 e. The summed E-state index contributed by atoms with van der Waals surface area (Å²) < 4.78 is 5.91. The summed E-state index contributed by atoms with van der Waals surface area (Å²) in [4.78, 5) is 0. The van der Waals surface area contributed by atoms with Gasteiger partial charge in [-0.15, -0.1) is 0 Å². The van der Waals surface area contributed by atoms with E-state index < -0.39 is 0 Å². The van der Waals surface area contributed by atoms with Gasteiger partial charge in [-0.1, -0.05) is 44.2 Å². The third-order valence-corrected chi connectivity index (χ3v) is 5.07. The third-order valence-electron chi connectivity index (χ3n) is 5.07. The molecule has 1 heterocycles. The highest BCUT2D eigenvalue weighted by Gasteiger charge is 2.41. The van der Waals surface area contributed by atoms with Crippen LogP contribution in [-0.4, -0.2) is 36.5 Å². The van der Waals surface area contributed by atoms with Crippen molar-refractivity contribution in [2.24, 2.45) is 5.10 Å². The molecule has 0 aliphatic carbocycles. The van der Waals surface area contributed by atoms with Gasteiger partial charge in [0.05, 0.1) is 11.6 Å². The van der Waals surface area contributed by atoms with Crippen LogP contribution in [-0.2, 0) is 11.2 Å². The zero-order chi connectivity index (χ0) is 15.8. The van der Waals surface area contributed by atoms with Crippen molar-refractivity contribution < 1.29 is 4.74 Å². The van der Waals surface area contributed by atoms with Crippen LogP contribution in [0.2, 0.25) is 0 Å². The summed E-state index contributed by atoms with van der Waals surface area (Å²) in [6, 6.07) is 11.0. The monoisotopic (exact) mass is 302 g/mol. The van der Waals surface area contributed by atoms with E-state index in [1.807, 2.05) is 7.11 Å². The molecule has 122 valence electrons. The summed E-state index contributed by atoms with van der Waals surface area (Å²) in [5, 5.41) is 7.02. The van der Waals surface area contributed by atoms with E-state index >= 15 is 0 Å². The van der Waals surface area contributed by atoms with Crippen LogP contribution in [0.3, 0.4) is 0 Å². The Bertz CT molecular complexity index is 445. The van der Waals surface area contributed by atoms with Gasteiger partial charge in [-0.25, -0.2) is 0 Å². The van der Waals surface area contributed by atoms with E-state index in [0.29, 0.717) is 6.04 Å². The van der Waals surface area contributed by atoms with Crippen LogP contribution in [0, 0.1) is 0 Å². The lowest BCUT2D eigenvalue weighted by molar-refractivity contribution is -0.0731. The molecule has 0 spiro atoms. The Morgan fingerprint density at radius 3 is 2.64 bits per heavy atom. The highest BCUT2D eigenvalue weighted by molar-refractivity contribution is 5.57. The fourth-order valence-corrected chi connectivity index (χ4v) is 3.61. The summed E-state index contributed by atoms with van der Waals surface area (Å²) >= 11 is 0. The number of methoxy groups -OCH3 is 1. The van der Waals surface area contributed by atoms with E-state index in [-0.39, 0.29) is 5.60 Å². The molecule has 0 amide bonds. The van der Waals surface area contributed by atoms with Crippen LogP contribution in [0.25, 0.3) is 0 Å². The highest BCUT2D eigenvalue weighted by atomic mass is 16.5. The summed E-state index contributed by atoms with van der Waals surface area (Å²) in [5.41, 5.74) is 1.33. The molecule has 1 aliphatic heterocycles. The Hall–Kier alpha value is -1.35. The van der Waals surface area contributed by atoms with Gasteiger partial charge in [-0.3, -0.25) is 5.01 Å². The summed E-state index contributed by atoms with van der Waals surface area (Å²) in [6.07, 6.45) is 8.61. The molecule has 1 saturated heterocycles. The van der Waals surface area contributed by atoms with Crippen molar-refractivity contribution in [3.8, 4) is 0 Å². The molecule has 1 atom stereocenters. The molecule has 0 radical (unpaired) electrons. The SMILES string of the molecule is CCC(CC)(OC)[C@@H]1CCCN1/N=C/CCc1ccccc1. The van der Waals surface area contributed by atoms with E-state index in [0.717, 1.165) is 32.2 Å². The highest BCUT2D eigenvalue weighted by Crippen LogP contribution is 2.34. The Balaban J connectivity index is 1.92. The number of hydrogen-bond donors (Lipinski definition) is 0. The number of hydrazone groups is 1. The second kappa shape index (κ2) is 8.33. The Kier molecular flexibility index (Phi) is 6.44. The van der Waals surface area contributed by atoms with Crippen molar-refractivity contribution in [3.05, 3.63) is 35.9 Å². The maximum absolute atomic E-state index is 5.91. The quantitative estimate of drug-likeness (QED) is 0.670. The largest absolute Gasteiger partial charge is 0.376 e. The number of benzene rings is 1. The van der Waals surface area contributed by atoms with E-state index in [2.05, 4.69) is 55.4 Å². The van der Waals surface area contributed by atoms with Gasteiger partial charge in [-0.05, 0) is 44.1 Å². The van der Waals surface area contributed by atoms with E-state index in [9.17, 15) is 0 Å². The number of aryl methyl sites for hydroxylation is 1. The third kappa shape index (κ3) is 3.89. The molecule has 1 aromatic carbocycles. The lowest BCUT2D eigenvalue weighted by atomic mass is 9.87. The lowest BCUT2D eigenvalue weighted by Crippen LogP contribution is -2.48. The predicted octanol–water partition coefficient (Wildman–Crippen LogP) is 4.27. The van der Waals surface area contributed by atoms with E-state index in [1.165, 1.54) is 18.4 Å². The minimum atomic E-state index is -0.0483. The molecule has 1 aromatic rings. The van der Waals surface area contributed by atoms with Crippen molar-refractivity contribution in [1.29, 1.82) is 0 Å². The van der Waals surface area contributed by atoms with E-state index in [1.54, 1.807) is 0 Å². The van der Waals surface area contributed by atoms with Crippen LogP contribution in [0.1, 0.15) is 51.5 Å². The number of rotatable bonds is 8. The van der Waals surface area contributed by atoms with Gasteiger partial charge in [0, 0.05) is 19.9 Å². The van der Waals surface area contributed by atoms with Crippen molar-refractivity contribution in [2.45, 2.75) is 64.0 Å². The molecular weight excluding hydrogens is 272 g/mol. The van der Waals surface area contributed by atoms with Crippen LogP contribution in [0.5, 0.6) is 0 Å². The molecule has 2 rings (SSSR count). The second-order valence-corrected chi connectivity index (χ2v) is 6.12. The Morgan fingerprint density at radius 2 is 2.00 bits per heavy atom. The first-order valence-electron chi connectivity index (χ1n) is 8.64. The van der Waals surface area contributed by atoms with Gasteiger partial charge in [0.2, 0.25) is 0 Å². The van der Waals surface area contributed by atoms with Crippen molar-refractivity contribution in [2.75, 3.05) is 13.7 Å². The van der Waals surface area contributed by atoms with Gasteiger partial charge >= 0.3 is 0 Å². The molecule has 0 aromatic heterocycles. The molecule has 0 saturated carbocycles. The average Bonchev–Trinajstić information content (AvgIpc) is 3.04. The van der Waals surface area contributed by atoms with Crippen molar-refractivity contribution >= 4 is 6.21 Å². The van der Waals surface area contributed by atoms with Gasteiger partial charge in [0.1, 0.15) is 0 Å². The van der Waals surface area contributed by atoms with Gasteiger partial charge in [0.25, 0.3) is 0 Å². The van der Waals surface area contributed by atoms with Crippen LogP contribution >= 0.6 is 0 Å². The molecule has 0 bridgehead atoms. The fraction of sp³-hybridized carbons (Fsp3) is 0.632. The first kappa shape index (κ1) is 17.0. The summed E-state index contributed by atoms with van der Waals surface area (Å²) in [7, 11) is 1.85. The molecule has 0 unspecified atom stereocenters. The molecule has 3 nitrogen and oxygen atoms in total. The minimum Gasteiger partial charge on any atom is -0.376 e. The zero-order valence-corrected chi connectivity index (χ0v) is 14.3. The molecule has 3 heteroatoms. The Labute approximate surface area is 135 Å². The van der Waals surface area contributed by atoms with Gasteiger partial charge in [-0.2, -0.15) is 5.10 Å². The summed E-state index contributed by atoms with van der Waals surface area (Å²) in [5.74, 6) is 0. The normalized spacial score (nSPS) is 19.2. The first-order chi connectivity index (χ1) is 10.8. The molecular formula is C19H30N2O. The fourth-order valence-electron chi connectivity index (χ4n) is 3.61. The first-order valence-corrected chi connectivity index (χ1v) is 8.64. The number of hydrogen-bond acceptors (Lipinski definition) is 3. The van der Waals surface area contributed by atoms with E-state index in [4.69, 9.17) is 9.84 Å². The molecule has 1 aliphatic rings. The maximum atomic E-state index is 5.91. The minimum absolute atomic E-state index is 0.0483.